The van der Waals surface area contributed by atoms with Gasteiger partial charge in [0.15, 0.2) is 12.7 Å². The highest BCUT2D eigenvalue weighted by Gasteiger charge is 2.22. The topological polar surface area (TPSA) is 96.0 Å². The van der Waals surface area contributed by atoms with Gasteiger partial charge in [-0.25, -0.2) is 14.4 Å². The van der Waals surface area contributed by atoms with Crippen LogP contribution in [0.5, 0.6) is 0 Å². The van der Waals surface area contributed by atoms with E-state index in [9.17, 15) is 19.2 Å². The molecule has 0 aliphatic heterocycles. The summed E-state index contributed by atoms with van der Waals surface area (Å²) in [6.07, 6.45) is -0.803. The number of hydrogen-bond donors (Lipinski definition) is 0. The number of hydrogen-bond acceptors (Lipinski definition) is 7. The average Bonchev–Trinajstić information content (AvgIpc) is 2.31. The summed E-state index contributed by atoms with van der Waals surface area (Å²) >= 11 is 0. The van der Waals surface area contributed by atoms with Crippen molar-refractivity contribution in [2.24, 2.45) is 0 Å². The molecule has 0 bridgehead atoms. The second-order valence-corrected chi connectivity index (χ2v) is 3.04. The minimum Gasteiger partial charge on any atom is -0.466 e. The van der Waals surface area contributed by atoms with Gasteiger partial charge in [-0.15, -0.1) is 0 Å². The third kappa shape index (κ3) is 5.64. The van der Waals surface area contributed by atoms with Crippen LogP contribution in [0.15, 0.2) is 0 Å². The quantitative estimate of drug-likeness (QED) is 0.358. The lowest BCUT2D eigenvalue weighted by Gasteiger charge is -2.13. The van der Waals surface area contributed by atoms with Gasteiger partial charge in [0.1, 0.15) is 0 Å². The van der Waals surface area contributed by atoms with Crippen LogP contribution in [-0.4, -0.2) is 43.5 Å². The second kappa shape index (κ2) is 7.37. The zero-order chi connectivity index (χ0) is 13.4. The van der Waals surface area contributed by atoms with E-state index in [0.29, 0.717) is 0 Å². The zero-order valence-corrected chi connectivity index (χ0v) is 9.85. The molecule has 96 valence electrons. The molecule has 0 fully saturated rings. The lowest BCUT2D eigenvalue weighted by atomic mass is 10.3. The van der Waals surface area contributed by atoms with E-state index in [-0.39, 0.29) is 6.42 Å². The van der Waals surface area contributed by atoms with E-state index in [0.717, 1.165) is 14.0 Å². The monoisotopic (exact) mass is 246 g/mol. The summed E-state index contributed by atoms with van der Waals surface area (Å²) in [6.45, 7) is 1.92. The first-order valence-corrected chi connectivity index (χ1v) is 4.87. The van der Waals surface area contributed by atoms with Crippen LogP contribution in [0.2, 0.25) is 0 Å². The van der Waals surface area contributed by atoms with Gasteiger partial charge in [-0.3, -0.25) is 4.79 Å². The van der Waals surface area contributed by atoms with Gasteiger partial charge in [0, 0.05) is 6.92 Å². The molecule has 0 aromatic rings. The number of carbonyl (C=O) groups is 4. The molecule has 0 spiro atoms. The molecular formula is C10H14O7. The van der Waals surface area contributed by atoms with Gasteiger partial charge >= 0.3 is 17.9 Å². The summed E-state index contributed by atoms with van der Waals surface area (Å²) in [5.41, 5.74) is 0. The van der Waals surface area contributed by atoms with Crippen molar-refractivity contribution in [2.45, 2.75) is 26.4 Å². The fraction of sp³-hybridized carbons (Fsp3) is 0.600. The van der Waals surface area contributed by atoms with Crippen molar-refractivity contribution >= 4 is 23.7 Å². The normalized spacial score (nSPS) is 11.2. The summed E-state index contributed by atoms with van der Waals surface area (Å²) in [6, 6.07) is 0. The fourth-order valence-corrected chi connectivity index (χ4v) is 0.848. The Balaban J connectivity index is 4.12. The van der Waals surface area contributed by atoms with Crippen LogP contribution in [0, 0.1) is 0 Å². The lowest BCUT2D eigenvalue weighted by Crippen LogP contribution is -2.30. The second-order valence-electron chi connectivity index (χ2n) is 3.04. The van der Waals surface area contributed by atoms with Crippen molar-refractivity contribution in [3.8, 4) is 0 Å². The Morgan fingerprint density at radius 2 is 1.76 bits per heavy atom. The van der Waals surface area contributed by atoms with Crippen molar-refractivity contribution in [3.63, 3.8) is 0 Å². The number of ketones is 1. The van der Waals surface area contributed by atoms with Gasteiger partial charge in [0.25, 0.3) is 0 Å². The molecular weight excluding hydrogens is 232 g/mol. The maximum absolute atomic E-state index is 11.1. The molecule has 0 N–H and O–H groups in total. The van der Waals surface area contributed by atoms with Crippen molar-refractivity contribution in [2.75, 3.05) is 13.7 Å². The molecule has 0 aromatic heterocycles. The zero-order valence-electron chi connectivity index (χ0n) is 9.85. The number of carbonyl (C=O) groups excluding carboxylic acids is 4. The molecule has 0 heterocycles. The van der Waals surface area contributed by atoms with Gasteiger partial charge in [-0.05, 0) is 6.42 Å². The van der Waals surface area contributed by atoms with Crippen LogP contribution in [-0.2, 0) is 33.4 Å². The predicted molar refractivity (Wildman–Crippen MR) is 53.8 cm³/mol. The highest BCUT2D eigenvalue weighted by atomic mass is 16.6. The molecule has 7 nitrogen and oxygen atoms in total. The van der Waals surface area contributed by atoms with Crippen LogP contribution in [0.3, 0.4) is 0 Å². The number of rotatable bonds is 6. The van der Waals surface area contributed by atoms with E-state index < -0.39 is 36.4 Å². The van der Waals surface area contributed by atoms with Crippen molar-refractivity contribution in [1.29, 1.82) is 0 Å². The average molecular weight is 246 g/mol. The Bertz CT molecular complexity index is 321. The third-order valence-corrected chi connectivity index (χ3v) is 1.72. The van der Waals surface area contributed by atoms with Crippen molar-refractivity contribution < 1.29 is 33.4 Å². The largest absolute Gasteiger partial charge is 0.466 e. The Morgan fingerprint density at radius 1 is 1.18 bits per heavy atom. The van der Waals surface area contributed by atoms with E-state index in [2.05, 4.69) is 14.2 Å². The maximum atomic E-state index is 11.1. The minimum atomic E-state index is -1.13. The molecule has 0 radical (unpaired) electrons. The highest BCUT2D eigenvalue weighted by molar-refractivity contribution is 6.32. The summed E-state index contributed by atoms with van der Waals surface area (Å²) < 4.78 is 13.4. The van der Waals surface area contributed by atoms with Crippen LogP contribution < -0.4 is 0 Å². The number of ether oxygens (including phenoxy) is 3. The van der Waals surface area contributed by atoms with Crippen LogP contribution >= 0.6 is 0 Å². The number of methoxy groups -OCH3 is 1. The molecule has 1 atom stereocenters. The molecule has 0 saturated heterocycles. The van der Waals surface area contributed by atoms with Crippen LogP contribution in [0.25, 0.3) is 0 Å². The van der Waals surface area contributed by atoms with E-state index in [4.69, 9.17) is 0 Å². The molecule has 0 aliphatic rings. The summed E-state index contributed by atoms with van der Waals surface area (Å²) in [4.78, 5) is 43.4. The Morgan fingerprint density at radius 3 is 2.18 bits per heavy atom. The summed E-state index contributed by atoms with van der Waals surface area (Å²) in [7, 11) is 1.16. The molecule has 0 saturated carbocycles. The molecule has 7 heteroatoms. The van der Waals surface area contributed by atoms with Crippen molar-refractivity contribution in [1.82, 2.24) is 0 Å². The predicted octanol–water partition coefficient (Wildman–Crippen LogP) is -0.387. The SMILES string of the molecule is CCC(OC(=O)COC(=O)C(C)=O)C(=O)OC. The minimum absolute atomic E-state index is 0.235. The molecule has 0 amide bonds. The summed E-state index contributed by atoms with van der Waals surface area (Å²) in [5.74, 6) is -3.57. The summed E-state index contributed by atoms with van der Waals surface area (Å²) in [5, 5.41) is 0. The van der Waals surface area contributed by atoms with Crippen molar-refractivity contribution in [3.05, 3.63) is 0 Å². The van der Waals surface area contributed by atoms with Crippen LogP contribution in [0.4, 0.5) is 0 Å². The number of Topliss-reactive ketones (excluding diaryl/α,β-unsaturated/α-hetero) is 1. The number of esters is 3. The lowest BCUT2D eigenvalue weighted by molar-refractivity contribution is -0.172. The van der Waals surface area contributed by atoms with E-state index in [1.54, 1.807) is 6.92 Å². The van der Waals surface area contributed by atoms with Gasteiger partial charge in [-0.1, -0.05) is 6.92 Å². The first-order valence-electron chi connectivity index (χ1n) is 4.87. The standard InChI is InChI=1S/C10H14O7/c1-4-7(10(14)15-3)17-8(12)5-16-9(13)6(2)11/h7H,4-5H2,1-3H3. The maximum Gasteiger partial charge on any atom is 0.374 e. The Hall–Kier alpha value is -1.92. The fourth-order valence-electron chi connectivity index (χ4n) is 0.848. The van der Waals surface area contributed by atoms with Crippen LogP contribution in [0.1, 0.15) is 20.3 Å². The smallest absolute Gasteiger partial charge is 0.374 e. The first kappa shape index (κ1) is 15.1. The third-order valence-electron chi connectivity index (χ3n) is 1.72. The molecule has 1 unspecified atom stereocenters. The van der Waals surface area contributed by atoms with E-state index in [1.165, 1.54) is 0 Å². The van der Waals surface area contributed by atoms with Gasteiger partial charge in [0.2, 0.25) is 5.78 Å². The van der Waals surface area contributed by atoms with Gasteiger partial charge in [-0.2, -0.15) is 0 Å². The molecule has 0 rings (SSSR count). The van der Waals surface area contributed by atoms with Gasteiger partial charge < -0.3 is 14.2 Å². The van der Waals surface area contributed by atoms with Gasteiger partial charge in [0.05, 0.1) is 7.11 Å². The van der Waals surface area contributed by atoms with E-state index >= 15 is 0 Å². The first-order chi connectivity index (χ1) is 7.92. The Labute approximate surface area is 98.0 Å². The molecule has 17 heavy (non-hydrogen) atoms. The Kier molecular flexibility index (Phi) is 6.54. The van der Waals surface area contributed by atoms with E-state index in [1.807, 2.05) is 0 Å². The molecule has 0 aliphatic carbocycles. The highest BCUT2D eigenvalue weighted by Crippen LogP contribution is 2.01. The molecule has 0 aromatic carbocycles.